The number of aromatic nitrogens is 1. The van der Waals surface area contributed by atoms with Gasteiger partial charge < -0.3 is 9.80 Å². The summed E-state index contributed by atoms with van der Waals surface area (Å²) in [4.78, 5) is 32.4. The molecular formula is C19H29N3O2S. The first-order valence-corrected chi connectivity index (χ1v) is 10.4. The smallest absolute Gasteiger partial charge is 0.232 e. The van der Waals surface area contributed by atoms with Crippen molar-refractivity contribution in [1.82, 2.24) is 14.8 Å². The number of piperidine rings is 1. The normalized spacial score (nSPS) is 17.4. The molecule has 1 atom stereocenters. The van der Waals surface area contributed by atoms with Gasteiger partial charge in [-0.25, -0.2) is 0 Å². The summed E-state index contributed by atoms with van der Waals surface area (Å²) in [6.45, 7) is 2.37. The number of likely N-dealkylation sites (tertiary alicyclic amines) is 1. The summed E-state index contributed by atoms with van der Waals surface area (Å²) in [6.07, 6.45) is 8.12. The average Bonchev–Trinajstić information content (AvgIpc) is 2.65. The topological polar surface area (TPSA) is 53.5 Å². The molecule has 2 amide bonds. The Hall–Kier alpha value is -1.56. The van der Waals surface area contributed by atoms with Crippen LogP contribution in [0.2, 0.25) is 0 Å². The first kappa shape index (κ1) is 19.8. The van der Waals surface area contributed by atoms with Gasteiger partial charge in [-0.05, 0) is 43.6 Å². The van der Waals surface area contributed by atoms with Gasteiger partial charge in [-0.2, -0.15) is 11.8 Å². The Morgan fingerprint density at radius 2 is 2.24 bits per heavy atom. The lowest BCUT2D eigenvalue weighted by molar-refractivity contribution is -0.130. The summed E-state index contributed by atoms with van der Waals surface area (Å²) in [5.41, 5.74) is 1.01. The molecule has 5 nitrogen and oxygen atoms in total. The summed E-state index contributed by atoms with van der Waals surface area (Å²) in [5.74, 6) is 1.43. The number of thioether (sulfide) groups is 1. The standard InChI is InChI=1S/C19H29N3O2S/c1-21(13-10-17-7-3-4-11-20-17)18(23)9-8-16-6-5-12-22(14-16)19(24)15-25-2/h3-4,7,11,16H,5-6,8-10,12-15H2,1-2H3/t16-/m0/s1. The van der Waals surface area contributed by atoms with Crippen LogP contribution in [0, 0.1) is 5.92 Å². The third-order valence-electron chi connectivity index (χ3n) is 4.76. The van der Waals surface area contributed by atoms with E-state index in [-0.39, 0.29) is 11.8 Å². The number of rotatable bonds is 8. The van der Waals surface area contributed by atoms with E-state index in [1.54, 1.807) is 22.9 Å². The molecule has 1 aliphatic rings. The fraction of sp³-hybridized carbons (Fsp3) is 0.632. The van der Waals surface area contributed by atoms with Crippen LogP contribution in [-0.4, -0.2) is 65.3 Å². The molecule has 0 aromatic carbocycles. The zero-order valence-electron chi connectivity index (χ0n) is 15.3. The highest BCUT2D eigenvalue weighted by Crippen LogP contribution is 2.22. The van der Waals surface area contributed by atoms with Crippen LogP contribution in [0.1, 0.15) is 31.4 Å². The second kappa shape index (κ2) is 10.4. The Morgan fingerprint density at radius 1 is 1.40 bits per heavy atom. The van der Waals surface area contributed by atoms with Crippen LogP contribution in [0.15, 0.2) is 24.4 Å². The zero-order valence-corrected chi connectivity index (χ0v) is 16.1. The van der Waals surface area contributed by atoms with E-state index < -0.39 is 0 Å². The molecule has 0 saturated carbocycles. The number of hydrogen-bond acceptors (Lipinski definition) is 4. The molecule has 0 unspecified atom stereocenters. The van der Waals surface area contributed by atoms with E-state index in [0.29, 0.717) is 24.6 Å². The van der Waals surface area contributed by atoms with Gasteiger partial charge in [-0.15, -0.1) is 0 Å². The van der Waals surface area contributed by atoms with Crippen LogP contribution in [0.5, 0.6) is 0 Å². The lowest BCUT2D eigenvalue weighted by Crippen LogP contribution is -2.41. The van der Waals surface area contributed by atoms with Crippen LogP contribution in [0.3, 0.4) is 0 Å². The van der Waals surface area contributed by atoms with E-state index >= 15 is 0 Å². The van der Waals surface area contributed by atoms with Crippen molar-refractivity contribution in [3.63, 3.8) is 0 Å². The van der Waals surface area contributed by atoms with E-state index in [4.69, 9.17) is 0 Å². The first-order chi connectivity index (χ1) is 12.1. The molecule has 1 aromatic rings. The SMILES string of the molecule is CSCC(=O)N1CCC[C@@H](CCC(=O)N(C)CCc2ccccn2)C1. The summed E-state index contributed by atoms with van der Waals surface area (Å²) in [6, 6.07) is 5.85. The molecule has 0 radical (unpaired) electrons. The first-order valence-electron chi connectivity index (χ1n) is 9.00. The highest BCUT2D eigenvalue weighted by atomic mass is 32.2. The van der Waals surface area contributed by atoms with Crippen molar-refractivity contribution in [2.24, 2.45) is 5.92 Å². The lowest BCUT2D eigenvalue weighted by atomic mass is 9.93. The van der Waals surface area contributed by atoms with E-state index in [2.05, 4.69) is 4.98 Å². The van der Waals surface area contributed by atoms with Crippen LogP contribution >= 0.6 is 11.8 Å². The Bertz CT molecular complexity index is 553. The molecule has 25 heavy (non-hydrogen) atoms. The molecule has 6 heteroatoms. The number of carbonyl (C=O) groups excluding carboxylic acids is 2. The van der Waals surface area contributed by atoms with Crippen LogP contribution in [0.4, 0.5) is 0 Å². The van der Waals surface area contributed by atoms with E-state index in [0.717, 1.165) is 44.5 Å². The van der Waals surface area contributed by atoms with Crippen molar-refractivity contribution in [3.8, 4) is 0 Å². The van der Waals surface area contributed by atoms with E-state index in [1.165, 1.54) is 0 Å². The summed E-state index contributed by atoms with van der Waals surface area (Å²) < 4.78 is 0. The Labute approximate surface area is 155 Å². The second-order valence-electron chi connectivity index (χ2n) is 6.71. The Morgan fingerprint density at radius 3 is 2.96 bits per heavy atom. The minimum absolute atomic E-state index is 0.184. The van der Waals surface area contributed by atoms with Crippen molar-refractivity contribution in [2.45, 2.75) is 32.1 Å². The lowest BCUT2D eigenvalue weighted by Gasteiger charge is -2.33. The third-order valence-corrected chi connectivity index (χ3v) is 5.30. The molecule has 1 aliphatic heterocycles. The number of pyridine rings is 1. The Kier molecular flexibility index (Phi) is 8.25. The molecule has 1 saturated heterocycles. The van der Waals surface area contributed by atoms with Crippen molar-refractivity contribution < 1.29 is 9.59 Å². The fourth-order valence-corrected chi connectivity index (χ4v) is 3.64. The molecule has 0 aliphatic carbocycles. The highest BCUT2D eigenvalue weighted by molar-refractivity contribution is 7.99. The number of hydrogen-bond donors (Lipinski definition) is 0. The van der Waals surface area contributed by atoms with Crippen LogP contribution < -0.4 is 0 Å². The maximum Gasteiger partial charge on any atom is 0.232 e. The van der Waals surface area contributed by atoms with Crippen molar-refractivity contribution in [2.75, 3.05) is 38.7 Å². The van der Waals surface area contributed by atoms with Gasteiger partial charge in [0.1, 0.15) is 0 Å². The minimum atomic E-state index is 0.184. The van der Waals surface area contributed by atoms with Gasteiger partial charge in [0.15, 0.2) is 0 Å². The van der Waals surface area contributed by atoms with Crippen molar-refractivity contribution >= 4 is 23.6 Å². The molecule has 2 rings (SSSR count). The van der Waals surface area contributed by atoms with Crippen molar-refractivity contribution in [1.29, 1.82) is 0 Å². The second-order valence-corrected chi connectivity index (χ2v) is 7.57. The molecular weight excluding hydrogens is 334 g/mol. The number of carbonyl (C=O) groups is 2. The predicted octanol–water partition coefficient (Wildman–Crippen LogP) is 2.46. The minimum Gasteiger partial charge on any atom is -0.345 e. The quantitative estimate of drug-likeness (QED) is 0.712. The summed E-state index contributed by atoms with van der Waals surface area (Å²) >= 11 is 1.57. The zero-order chi connectivity index (χ0) is 18.1. The van der Waals surface area contributed by atoms with Gasteiger partial charge in [0.05, 0.1) is 5.75 Å². The predicted molar refractivity (Wildman–Crippen MR) is 102 cm³/mol. The van der Waals surface area contributed by atoms with Gasteiger partial charge in [-0.1, -0.05) is 6.07 Å². The van der Waals surface area contributed by atoms with Crippen molar-refractivity contribution in [3.05, 3.63) is 30.1 Å². The van der Waals surface area contributed by atoms with Gasteiger partial charge in [0, 0.05) is 51.4 Å². The molecule has 0 spiro atoms. The van der Waals surface area contributed by atoms with E-state index in [1.807, 2.05) is 36.4 Å². The highest BCUT2D eigenvalue weighted by Gasteiger charge is 2.24. The van der Waals surface area contributed by atoms with Gasteiger partial charge in [0.25, 0.3) is 0 Å². The van der Waals surface area contributed by atoms with Gasteiger partial charge in [-0.3, -0.25) is 14.6 Å². The van der Waals surface area contributed by atoms with Crippen LogP contribution in [-0.2, 0) is 16.0 Å². The molecule has 1 fully saturated rings. The monoisotopic (exact) mass is 363 g/mol. The molecule has 138 valence electrons. The molecule has 1 aromatic heterocycles. The molecule has 0 N–H and O–H groups in total. The van der Waals surface area contributed by atoms with Gasteiger partial charge in [0.2, 0.25) is 11.8 Å². The average molecular weight is 364 g/mol. The maximum atomic E-state index is 12.3. The molecule has 0 bridgehead atoms. The number of likely N-dealkylation sites (N-methyl/N-ethyl adjacent to an activating group) is 1. The maximum absolute atomic E-state index is 12.3. The largest absolute Gasteiger partial charge is 0.345 e. The third kappa shape index (κ3) is 6.69. The number of amides is 2. The van der Waals surface area contributed by atoms with E-state index in [9.17, 15) is 9.59 Å². The Balaban J connectivity index is 1.70. The summed E-state index contributed by atoms with van der Waals surface area (Å²) in [7, 11) is 1.86. The summed E-state index contributed by atoms with van der Waals surface area (Å²) in [5, 5.41) is 0. The van der Waals surface area contributed by atoms with Gasteiger partial charge >= 0.3 is 0 Å². The van der Waals surface area contributed by atoms with Crippen LogP contribution in [0.25, 0.3) is 0 Å². The fourth-order valence-electron chi connectivity index (χ4n) is 3.21. The molecule has 2 heterocycles. The number of nitrogens with zero attached hydrogens (tertiary/aromatic N) is 3.